The summed E-state index contributed by atoms with van der Waals surface area (Å²) in [6, 6.07) is 6.11. The molecule has 1 heterocycles. The van der Waals surface area contributed by atoms with Crippen molar-refractivity contribution in [3.05, 3.63) is 28.3 Å². The Morgan fingerprint density at radius 1 is 1.30 bits per heavy atom. The maximum absolute atomic E-state index is 11.2. The van der Waals surface area contributed by atoms with Gasteiger partial charge in [-0.15, -0.1) is 0 Å². The Morgan fingerprint density at radius 3 is 2.70 bits per heavy atom. The summed E-state index contributed by atoms with van der Waals surface area (Å²) in [4.78, 5) is 13.3. The molecule has 4 N–H and O–H groups in total. The maximum atomic E-state index is 11.2. The third-order valence-electron chi connectivity index (χ3n) is 4.02. The first-order valence-corrected chi connectivity index (χ1v) is 6.93. The molecule has 1 unspecified atom stereocenters. The lowest BCUT2D eigenvalue weighted by molar-refractivity contribution is -0.383. The number of likely N-dealkylation sites (tertiary alicyclic amines) is 1. The van der Waals surface area contributed by atoms with E-state index < -0.39 is 4.92 Å². The summed E-state index contributed by atoms with van der Waals surface area (Å²) in [6.45, 7) is 2.03. The van der Waals surface area contributed by atoms with E-state index in [9.17, 15) is 10.1 Å². The SMILES string of the molecule is NNc1cccc(NC2CCN(C3CC3)C2)c1[N+](=O)[O-]. The standard InChI is InChI=1S/C13H19N5O2/c14-16-12-3-1-2-11(13(12)18(19)20)15-9-6-7-17(8-9)10-4-5-10/h1-3,9-10,15-16H,4-8,14H2. The number of nitro benzene ring substituents is 1. The highest BCUT2D eigenvalue weighted by atomic mass is 16.6. The topological polar surface area (TPSA) is 96.5 Å². The number of nitrogen functional groups attached to an aromatic ring is 1. The van der Waals surface area contributed by atoms with Gasteiger partial charge >= 0.3 is 5.69 Å². The zero-order chi connectivity index (χ0) is 14.1. The summed E-state index contributed by atoms with van der Waals surface area (Å²) in [6.07, 6.45) is 3.60. The molecule has 0 aromatic heterocycles. The molecule has 1 atom stereocenters. The third-order valence-corrected chi connectivity index (χ3v) is 4.02. The van der Waals surface area contributed by atoms with Crippen LogP contribution in [0.15, 0.2) is 18.2 Å². The first-order chi connectivity index (χ1) is 9.69. The number of nitrogens with two attached hydrogens (primary N) is 1. The predicted octanol–water partition coefficient (Wildman–Crippen LogP) is 1.53. The first-order valence-electron chi connectivity index (χ1n) is 6.93. The molecule has 1 aromatic carbocycles. The number of nitrogens with zero attached hydrogens (tertiary/aromatic N) is 2. The van der Waals surface area contributed by atoms with Crippen LogP contribution < -0.4 is 16.6 Å². The van der Waals surface area contributed by atoms with E-state index in [1.54, 1.807) is 18.2 Å². The quantitative estimate of drug-likeness (QED) is 0.429. The van der Waals surface area contributed by atoms with Gasteiger partial charge < -0.3 is 10.7 Å². The van der Waals surface area contributed by atoms with Gasteiger partial charge in [-0.1, -0.05) is 6.07 Å². The van der Waals surface area contributed by atoms with E-state index in [4.69, 9.17) is 5.84 Å². The van der Waals surface area contributed by atoms with E-state index >= 15 is 0 Å². The molecule has 3 rings (SSSR count). The van der Waals surface area contributed by atoms with E-state index in [2.05, 4.69) is 15.6 Å². The summed E-state index contributed by atoms with van der Waals surface area (Å²) >= 11 is 0. The molecule has 7 heteroatoms. The normalized spacial score (nSPS) is 22.8. The molecule has 0 amide bonds. The number of hydrazine groups is 1. The fourth-order valence-electron chi connectivity index (χ4n) is 2.87. The summed E-state index contributed by atoms with van der Waals surface area (Å²) in [5.74, 6) is 5.35. The Balaban J connectivity index is 1.75. The fraction of sp³-hybridized carbons (Fsp3) is 0.538. The van der Waals surface area contributed by atoms with Crippen LogP contribution in [0.1, 0.15) is 19.3 Å². The molecule has 7 nitrogen and oxygen atoms in total. The lowest BCUT2D eigenvalue weighted by atomic mass is 10.2. The number of benzene rings is 1. The van der Waals surface area contributed by atoms with Gasteiger partial charge in [0.25, 0.3) is 0 Å². The molecule has 108 valence electrons. The Bertz CT molecular complexity index is 517. The minimum atomic E-state index is -0.398. The van der Waals surface area contributed by atoms with Crippen molar-refractivity contribution in [2.75, 3.05) is 23.8 Å². The average Bonchev–Trinajstić information content (AvgIpc) is 3.19. The minimum absolute atomic E-state index is 0.0138. The fourth-order valence-corrected chi connectivity index (χ4v) is 2.87. The molecule has 0 bridgehead atoms. The zero-order valence-corrected chi connectivity index (χ0v) is 11.2. The zero-order valence-electron chi connectivity index (χ0n) is 11.2. The summed E-state index contributed by atoms with van der Waals surface area (Å²) in [7, 11) is 0. The van der Waals surface area contributed by atoms with E-state index in [-0.39, 0.29) is 11.7 Å². The minimum Gasteiger partial charge on any atom is -0.375 e. The van der Waals surface area contributed by atoms with Crippen molar-refractivity contribution >= 4 is 17.1 Å². The molecule has 0 spiro atoms. The number of hydrogen-bond acceptors (Lipinski definition) is 6. The van der Waals surface area contributed by atoms with Crippen LogP contribution in [0.5, 0.6) is 0 Å². The van der Waals surface area contributed by atoms with E-state index in [1.807, 2.05) is 0 Å². The Kier molecular flexibility index (Phi) is 3.45. The molecule has 1 aliphatic heterocycles. The lowest BCUT2D eigenvalue weighted by Gasteiger charge is -2.17. The van der Waals surface area contributed by atoms with Crippen LogP contribution in [0.2, 0.25) is 0 Å². The van der Waals surface area contributed by atoms with Gasteiger partial charge in [-0.2, -0.15) is 0 Å². The van der Waals surface area contributed by atoms with Crippen molar-refractivity contribution < 1.29 is 4.92 Å². The van der Waals surface area contributed by atoms with Gasteiger partial charge in [0, 0.05) is 25.2 Å². The molecular formula is C13H19N5O2. The third kappa shape index (κ3) is 2.54. The van der Waals surface area contributed by atoms with Crippen molar-refractivity contribution in [3.63, 3.8) is 0 Å². The van der Waals surface area contributed by atoms with Gasteiger partial charge in [0.05, 0.1) is 4.92 Å². The molecule has 2 aliphatic rings. The molecule has 2 fully saturated rings. The van der Waals surface area contributed by atoms with Crippen molar-refractivity contribution in [1.82, 2.24) is 4.90 Å². The number of para-hydroxylation sites is 1. The van der Waals surface area contributed by atoms with Crippen LogP contribution in [0.4, 0.5) is 17.1 Å². The van der Waals surface area contributed by atoms with Crippen LogP contribution in [-0.2, 0) is 0 Å². The van der Waals surface area contributed by atoms with Crippen LogP contribution in [-0.4, -0.2) is 35.0 Å². The lowest BCUT2D eigenvalue weighted by Crippen LogP contribution is -2.28. The average molecular weight is 277 g/mol. The van der Waals surface area contributed by atoms with Gasteiger partial charge in [0.2, 0.25) is 0 Å². The second kappa shape index (κ2) is 5.26. The highest BCUT2D eigenvalue weighted by Crippen LogP contribution is 2.35. The second-order valence-corrected chi connectivity index (χ2v) is 5.46. The van der Waals surface area contributed by atoms with Crippen LogP contribution in [0.3, 0.4) is 0 Å². The monoisotopic (exact) mass is 277 g/mol. The number of anilines is 2. The number of hydrogen-bond donors (Lipinski definition) is 3. The molecule has 1 aliphatic carbocycles. The summed E-state index contributed by atoms with van der Waals surface area (Å²) < 4.78 is 0. The van der Waals surface area contributed by atoms with Gasteiger partial charge in [-0.05, 0) is 31.4 Å². The van der Waals surface area contributed by atoms with E-state index in [0.29, 0.717) is 11.4 Å². The van der Waals surface area contributed by atoms with Crippen molar-refractivity contribution in [2.45, 2.75) is 31.3 Å². The second-order valence-electron chi connectivity index (χ2n) is 5.46. The van der Waals surface area contributed by atoms with E-state index in [1.165, 1.54) is 12.8 Å². The Labute approximate surface area is 117 Å². The molecule has 20 heavy (non-hydrogen) atoms. The van der Waals surface area contributed by atoms with Gasteiger partial charge in [-0.25, -0.2) is 0 Å². The van der Waals surface area contributed by atoms with Crippen LogP contribution in [0.25, 0.3) is 0 Å². The highest BCUT2D eigenvalue weighted by Gasteiger charge is 2.35. The summed E-state index contributed by atoms with van der Waals surface area (Å²) in [5.41, 5.74) is 3.27. The van der Waals surface area contributed by atoms with Gasteiger partial charge in [-0.3, -0.25) is 20.9 Å². The Hall–Kier alpha value is -1.86. The summed E-state index contributed by atoms with van der Waals surface area (Å²) in [5, 5.41) is 14.5. The number of rotatable bonds is 5. The smallest absolute Gasteiger partial charge is 0.316 e. The Morgan fingerprint density at radius 2 is 2.05 bits per heavy atom. The first kappa shape index (κ1) is 13.1. The molecular weight excluding hydrogens is 258 g/mol. The predicted molar refractivity (Wildman–Crippen MR) is 77.5 cm³/mol. The maximum Gasteiger partial charge on any atom is 0.316 e. The van der Waals surface area contributed by atoms with Crippen molar-refractivity contribution in [3.8, 4) is 0 Å². The van der Waals surface area contributed by atoms with E-state index in [0.717, 1.165) is 25.6 Å². The molecule has 1 saturated heterocycles. The van der Waals surface area contributed by atoms with Gasteiger partial charge in [0.15, 0.2) is 0 Å². The van der Waals surface area contributed by atoms with Crippen molar-refractivity contribution in [1.29, 1.82) is 0 Å². The largest absolute Gasteiger partial charge is 0.375 e. The molecule has 1 aromatic rings. The van der Waals surface area contributed by atoms with Crippen molar-refractivity contribution in [2.24, 2.45) is 5.84 Å². The molecule has 1 saturated carbocycles. The van der Waals surface area contributed by atoms with Gasteiger partial charge in [0.1, 0.15) is 11.4 Å². The number of nitro groups is 1. The highest BCUT2D eigenvalue weighted by molar-refractivity contribution is 5.76. The van der Waals surface area contributed by atoms with Crippen LogP contribution in [0, 0.1) is 10.1 Å². The number of nitrogens with one attached hydrogen (secondary N) is 2. The molecule has 0 radical (unpaired) electrons. The van der Waals surface area contributed by atoms with Crippen LogP contribution >= 0.6 is 0 Å².